The van der Waals surface area contributed by atoms with Crippen molar-refractivity contribution in [2.24, 2.45) is 0 Å². The van der Waals surface area contributed by atoms with E-state index in [4.69, 9.17) is 9.40 Å². The lowest BCUT2D eigenvalue weighted by Gasteiger charge is -2.17. The second-order valence-corrected chi connectivity index (χ2v) is 11.9. The Hall–Kier alpha value is -6.19. The summed E-state index contributed by atoms with van der Waals surface area (Å²) in [7, 11) is 0. The molecule has 0 saturated heterocycles. The van der Waals surface area contributed by atoms with E-state index in [0.717, 1.165) is 33.1 Å². The fourth-order valence-corrected chi connectivity index (χ4v) is 7.45. The summed E-state index contributed by atoms with van der Waals surface area (Å²) < 4.78 is 8.93. The lowest BCUT2D eigenvalue weighted by molar-refractivity contribution is 0.621. The molecular formula is C43H26N2O. The topological polar surface area (TPSA) is 31.0 Å². The van der Waals surface area contributed by atoms with Gasteiger partial charge in [0.1, 0.15) is 5.52 Å². The van der Waals surface area contributed by atoms with E-state index >= 15 is 0 Å². The van der Waals surface area contributed by atoms with Crippen LogP contribution in [-0.4, -0.2) is 9.55 Å². The number of para-hydroxylation sites is 2. The molecule has 2 aromatic heterocycles. The molecule has 8 aromatic carbocycles. The Balaban J connectivity index is 1.23. The van der Waals surface area contributed by atoms with Crippen molar-refractivity contribution in [3.8, 4) is 28.3 Å². The van der Waals surface area contributed by atoms with Gasteiger partial charge in [-0.2, -0.15) is 0 Å². The van der Waals surface area contributed by atoms with Crippen LogP contribution in [0.15, 0.2) is 162 Å². The van der Waals surface area contributed by atoms with Gasteiger partial charge in [0.15, 0.2) is 5.58 Å². The molecule has 3 heteroatoms. The van der Waals surface area contributed by atoms with Gasteiger partial charge in [0.05, 0.1) is 16.6 Å². The third kappa shape index (κ3) is 3.57. The Morgan fingerprint density at radius 2 is 0.957 bits per heavy atom. The average molecular weight is 587 g/mol. The number of hydrogen-bond acceptors (Lipinski definition) is 2. The molecule has 10 aromatic rings. The highest BCUT2D eigenvalue weighted by atomic mass is 16.3. The average Bonchev–Trinajstić information content (AvgIpc) is 3.69. The second kappa shape index (κ2) is 9.65. The van der Waals surface area contributed by atoms with Gasteiger partial charge in [-0.15, -0.1) is 0 Å². The van der Waals surface area contributed by atoms with E-state index in [9.17, 15) is 0 Å². The highest BCUT2D eigenvalue weighted by Gasteiger charge is 2.21. The molecular weight excluding hydrogens is 560 g/mol. The normalized spacial score (nSPS) is 11.9. The first-order valence-corrected chi connectivity index (χ1v) is 15.6. The number of benzene rings is 8. The van der Waals surface area contributed by atoms with Crippen LogP contribution >= 0.6 is 0 Å². The molecule has 0 aliphatic heterocycles. The van der Waals surface area contributed by atoms with Crippen LogP contribution < -0.4 is 0 Å². The fraction of sp³-hybridized carbons (Fsp3) is 0. The van der Waals surface area contributed by atoms with Crippen molar-refractivity contribution in [3.05, 3.63) is 158 Å². The van der Waals surface area contributed by atoms with Gasteiger partial charge < -0.3 is 8.98 Å². The van der Waals surface area contributed by atoms with Crippen molar-refractivity contribution in [3.63, 3.8) is 0 Å². The maximum Gasteiger partial charge on any atom is 0.228 e. The van der Waals surface area contributed by atoms with Crippen molar-refractivity contribution >= 4 is 65.2 Å². The predicted octanol–water partition coefficient (Wildman–Crippen LogP) is 11.7. The van der Waals surface area contributed by atoms with Crippen molar-refractivity contribution in [1.29, 1.82) is 0 Å². The standard InChI is InChI=1S/C43H26N2O/c1-2-14-29-27(12-1)13-11-21-32(29)41-33-17-3-5-19-35(33)42(36-20-6-4-18-34(36)41)43-44-37-26-28(24-25-40(37)46-43)45-38-22-9-7-15-30(38)31-16-8-10-23-39(31)45/h1-26H. The molecule has 0 radical (unpaired) electrons. The number of nitrogens with zero attached hydrogens (tertiary/aromatic N) is 2. The molecule has 0 amide bonds. The zero-order chi connectivity index (χ0) is 30.2. The number of oxazole rings is 1. The van der Waals surface area contributed by atoms with Crippen LogP contribution in [-0.2, 0) is 0 Å². The maximum atomic E-state index is 6.61. The molecule has 0 unspecified atom stereocenters. The number of aromatic nitrogens is 2. The summed E-state index contributed by atoms with van der Waals surface area (Å²) in [5.74, 6) is 0.631. The Bertz CT molecular complexity index is 2700. The van der Waals surface area contributed by atoms with E-state index < -0.39 is 0 Å². The van der Waals surface area contributed by atoms with Crippen LogP contribution in [0.1, 0.15) is 0 Å². The number of rotatable bonds is 3. The van der Waals surface area contributed by atoms with E-state index in [-0.39, 0.29) is 0 Å². The van der Waals surface area contributed by atoms with Gasteiger partial charge in [0.25, 0.3) is 0 Å². The Labute approximate surface area is 264 Å². The van der Waals surface area contributed by atoms with Crippen LogP contribution in [0.5, 0.6) is 0 Å². The Kier molecular flexibility index (Phi) is 5.28. The fourth-order valence-electron chi connectivity index (χ4n) is 7.45. The molecule has 0 spiro atoms. The summed E-state index contributed by atoms with van der Waals surface area (Å²) >= 11 is 0. The molecule has 0 N–H and O–H groups in total. The summed E-state index contributed by atoms with van der Waals surface area (Å²) in [6.45, 7) is 0. The van der Waals surface area contributed by atoms with Gasteiger partial charge in [-0.3, -0.25) is 0 Å². The van der Waals surface area contributed by atoms with Gasteiger partial charge in [0.2, 0.25) is 5.89 Å². The third-order valence-corrected chi connectivity index (χ3v) is 9.41. The summed E-state index contributed by atoms with van der Waals surface area (Å²) in [5.41, 5.74) is 8.49. The molecule has 0 bridgehead atoms. The van der Waals surface area contributed by atoms with Crippen LogP contribution in [0.2, 0.25) is 0 Å². The SMILES string of the molecule is c1ccc2c(-c3c4ccccc4c(-c4nc5cc(-n6c7ccccc7c7ccccc76)ccc5o4)c4ccccc34)cccc2c1. The Morgan fingerprint density at radius 1 is 0.435 bits per heavy atom. The first-order chi connectivity index (χ1) is 22.8. The van der Waals surface area contributed by atoms with Gasteiger partial charge in [-0.05, 0) is 73.8 Å². The zero-order valence-corrected chi connectivity index (χ0v) is 24.8. The van der Waals surface area contributed by atoms with E-state index in [1.807, 2.05) is 0 Å². The van der Waals surface area contributed by atoms with Crippen LogP contribution in [0.4, 0.5) is 0 Å². The van der Waals surface area contributed by atoms with Crippen LogP contribution in [0, 0.1) is 0 Å². The monoisotopic (exact) mass is 586 g/mol. The molecule has 0 atom stereocenters. The van der Waals surface area contributed by atoms with E-state index in [2.05, 4.69) is 162 Å². The van der Waals surface area contributed by atoms with Crippen molar-refractivity contribution < 1.29 is 4.42 Å². The zero-order valence-electron chi connectivity index (χ0n) is 24.8. The lowest BCUT2D eigenvalue weighted by atomic mass is 9.86. The van der Waals surface area contributed by atoms with Crippen molar-refractivity contribution in [2.75, 3.05) is 0 Å². The summed E-state index contributed by atoms with van der Waals surface area (Å²) in [4.78, 5) is 5.19. The predicted molar refractivity (Wildman–Crippen MR) is 192 cm³/mol. The smallest absolute Gasteiger partial charge is 0.228 e. The van der Waals surface area contributed by atoms with Crippen LogP contribution in [0.25, 0.3) is 93.5 Å². The Morgan fingerprint density at radius 3 is 1.61 bits per heavy atom. The highest BCUT2D eigenvalue weighted by molar-refractivity contribution is 6.23. The molecule has 214 valence electrons. The molecule has 0 fully saturated rings. The molecule has 0 aliphatic rings. The highest BCUT2D eigenvalue weighted by Crippen LogP contribution is 2.45. The van der Waals surface area contributed by atoms with E-state index in [1.165, 1.54) is 54.5 Å². The minimum absolute atomic E-state index is 0.631. The molecule has 2 heterocycles. The van der Waals surface area contributed by atoms with E-state index in [1.54, 1.807) is 0 Å². The molecule has 3 nitrogen and oxygen atoms in total. The summed E-state index contributed by atoms with van der Waals surface area (Å²) in [6, 6.07) is 56.0. The first kappa shape index (κ1) is 25.2. The summed E-state index contributed by atoms with van der Waals surface area (Å²) in [5, 5.41) is 9.56. The van der Waals surface area contributed by atoms with Gasteiger partial charge in [-0.1, -0.05) is 127 Å². The number of hydrogen-bond donors (Lipinski definition) is 0. The molecule has 10 rings (SSSR count). The molecule has 0 saturated carbocycles. The molecule has 46 heavy (non-hydrogen) atoms. The second-order valence-electron chi connectivity index (χ2n) is 11.9. The third-order valence-electron chi connectivity index (χ3n) is 9.41. The van der Waals surface area contributed by atoms with Gasteiger partial charge in [-0.25, -0.2) is 4.98 Å². The van der Waals surface area contributed by atoms with Gasteiger partial charge >= 0.3 is 0 Å². The minimum atomic E-state index is 0.631. The first-order valence-electron chi connectivity index (χ1n) is 15.6. The quantitative estimate of drug-likeness (QED) is 0.193. The van der Waals surface area contributed by atoms with Crippen LogP contribution in [0.3, 0.4) is 0 Å². The van der Waals surface area contributed by atoms with Crippen molar-refractivity contribution in [1.82, 2.24) is 9.55 Å². The molecule has 0 aliphatic carbocycles. The minimum Gasteiger partial charge on any atom is -0.436 e. The largest absolute Gasteiger partial charge is 0.436 e. The van der Waals surface area contributed by atoms with Crippen molar-refractivity contribution in [2.45, 2.75) is 0 Å². The summed E-state index contributed by atoms with van der Waals surface area (Å²) in [6.07, 6.45) is 0. The van der Waals surface area contributed by atoms with Gasteiger partial charge in [0, 0.05) is 16.5 Å². The number of fused-ring (bicyclic) bond motifs is 7. The van der Waals surface area contributed by atoms with E-state index in [0.29, 0.717) is 5.89 Å². The lowest BCUT2D eigenvalue weighted by Crippen LogP contribution is -1.93. The maximum absolute atomic E-state index is 6.61.